The first kappa shape index (κ1) is 12.0. The van der Waals surface area contributed by atoms with E-state index in [-0.39, 0.29) is 5.91 Å². The third-order valence-corrected chi connectivity index (χ3v) is 3.15. The van der Waals surface area contributed by atoms with E-state index in [0.717, 1.165) is 24.2 Å². The number of ether oxygens (including phenoxy) is 1. The van der Waals surface area contributed by atoms with E-state index in [1.165, 1.54) is 0 Å². The van der Waals surface area contributed by atoms with Gasteiger partial charge in [-0.05, 0) is 37.5 Å². The first-order valence-electron chi connectivity index (χ1n) is 6.64. The summed E-state index contributed by atoms with van der Waals surface area (Å²) in [4.78, 5) is 16.4. The number of carbonyl (C=O) groups is 1. The predicted molar refractivity (Wildman–Crippen MR) is 72.1 cm³/mol. The van der Waals surface area contributed by atoms with Crippen LogP contribution >= 0.6 is 0 Å². The zero-order valence-corrected chi connectivity index (χ0v) is 10.8. The molecule has 0 bridgehead atoms. The van der Waals surface area contributed by atoms with E-state index in [1.807, 2.05) is 31.2 Å². The van der Waals surface area contributed by atoms with Gasteiger partial charge in [0.1, 0.15) is 5.75 Å². The highest BCUT2D eigenvalue weighted by molar-refractivity contribution is 6.05. The quantitative estimate of drug-likeness (QED) is 0.858. The molecule has 3 rings (SSSR count). The van der Waals surface area contributed by atoms with E-state index in [1.54, 1.807) is 0 Å². The molecule has 1 amide bonds. The van der Waals surface area contributed by atoms with Gasteiger partial charge in [-0.15, -0.1) is 0 Å². The average molecular weight is 259 g/mol. The van der Waals surface area contributed by atoms with Crippen LogP contribution in [0.25, 0.3) is 0 Å². The van der Waals surface area contributed by atoms with Crippen molar-refractivity contribution in [2.45, 2.75) is 31.8 Å². The second-order valence-electron chi connectivity index (χ2n) is 4.79. The number of hydrogen-bond acceptors (Lipinski definition) is 4. The molecule has 2 N–H and O–H groups in total. The topological polar surface area (TPSA) is 62.7 Å². The highest BCUT2D eigenvalue weighted by Crippen LogP contribution is 2.26. The Balaban J connectivity index is 1.78. The second kappa shape index (κ2) is 4.91. The summed E-state index contributed by atoms with van der Waals surface area (Å²) in [6, 6.07) is 7.55. The minimum atomic E-state index is -0.471. The Kier molecular flexibility index (Phi) is 3.11. The number of benzene rings is 1. The van der Waals surface area contributed by atoms with Crippen molar-refractivity contribution in [2.75, 3.05) is 6.61 Å². The second-order valence-corrected chi connectivity index (χ2v) is 4.79. The van der Waals surface area contributed by atoms with Gasteiger partial charge in [0.05, 0.1) is 6.61 Å². The molecule has 0 saturated heterocycles. The van der Waals surface area contributed by atoms with Gasteiger partial charge >= 0.3 is 0 Å². The molecule has 100 valence electrons. The Morgan fingerprint density at radius 2 is 2.32 bits per heavy atom. The minimum Gasteiger partial charge on any atom is -0.494 e. The summed E-state index contributed by atoms with van der Waals surface area (Å²) in [6.45, 7) is 2.54. The number of carbonyl (C=O) groups excluding carboxylic acids is 1. The minimum absolute atomic E-state index is 0.0863. The van der Waals surface area contributed by atoms with Crippen LogP contribution in [0, 0.1) is 0 Å². The number of aliphatic imine (C=N–C) groups is 1. The summed E-state index contributed by atoms with van der Waals surface area (Å²) in [5, 5.41) is 5.99. The van der Waals surface area contributed by atoms with Crippen LogP contribution in [0.4, 0.5) is 0 Å². The van der Waals surface area contributed by atoms with Gasteiger partial charge in [-0.2, -0.15) is 0 Å². The third kappa shape index (κ3) is 2.70. The third-order valence-electron chi connectivity index (χ3n) is 3.15. The van der Waals surface area contributed by atoms with Crippen molar-refractivity contribution in [3.05, 3.63) is 29.8 Å². The average Bonchev–Trinajstić information content (AvgIpc) is 3.12. The molecule has 5 nitrogen and oxygen atoms in total. The van der Waals surface area contributed by atoms with Crippen LogP contribution in [0.15, 0.2) is 29.3 Å². The molecule has 19 heavy (non-hydrogen) atoms. The summed E-state index contributed by atoms with van der Waals surface area (Å²) in [5.74, 6) is 1.28. The van der Waals surface area contributed by atoms with E-state index < -0.39 is 6.04 Å². The zero-order valence-electron chi connectivity index (χ0n) is 10.8. The summed E-state index contributed by atoms with van der Waals surface area (Å²) in [7, 11) is 0. The standard InChI is InChI=1S/C14H17N3O2/c1-2-19-11-5-3-4-9(8-11)12-13(18)17-14(16-12)15-10-6-7-10/h3-5,8,10,12H,2,6-7H2,1H3,(H2,15,16,17,18). The maximum atomic E-state index is 11.9. The van der Waals surface area contributed by atoms with Crippen LogP contribution in [0.2, 0.25) is 0 Å². The smallest absolute Gasteiger partial charge is 0.256 e. The number of rotatable bonds is 4. The molecule has 1 unspecified atom stereocenters. The molecule has 1 aliphatic carbocycles. The van der Waals surface area contributed by atoms with Crippen LogP contribution in [-0.4, -0.2) is 24.5 Å². The highest BCUT2D eigenvalue weighted by Gasteiger charge is 2.31. The summed E-state index contributed by atoms with van der Waals surface area (Å²) < 4.78 is 5.45. The maximum absolute atomic E-state index is 11.9. The van der Waals surface area contributed by atoms with Crippen LogP contribution in [0.5, 0.6) is 5.75 Å². The van der Waals surface area contributed by atoms with E-state index >= 15 is 0 Å². The fourth-order valence-corrected chi connectivity index (χ4v) is 2.07. The molecule has 1 aromatic rings. The molecule has 1 atom stereocenters. The van der Waals surface area contributed by atoms with Crippen molar-refractivity contribution in [3.8, 4) is 5.75 Å². The molecule has 0 aromatic heterocycles. The van der Waals surface area contributed by atoms with E-state index in [4.69, 9.17) is 4.74 Å². The molecule has 1 aromatic carbocycles. The van der Waals surface area contributed by atoms with Gasteiger partial charge in [0.25, 0.3) is 5.91 Å². The maximum Gasteiger partial charge on any atom is 0.256 e. The number of guanidine groups is 1. The van der Waals surface area contributed by atoms with E-state index in [9.17, 15) is 4.79 Å². The van der Waals surface area contributed by atoms with Gasteiger partial charge in [0.2, 0.25) is 0 Å². The fraction of sp³-hybridized carbons (Fsp3) is 0.429. The monoisotopic (exact) mass is 259 g/mol. The zero-order chi connectivity index (χ0) is 13.2. The van der Waals surface area contributed by atoms with E-state index in [2.05, 4.69) is 15.6 Å². The van der Waals surface area contributed by atoms with Crippen molar-refractivity contribution < 1.29 is 9.53 Å². The van der Waals surface area contributed by atoms with Crippen LogP contribution in [0.3, 0.4) is 0 Å². The van der Waals surface area contributed by atoms with Crippen LogP contribution < -0.4 is 15.4 Å². The Hall–Kier alpha value is -2.04. The van der Waals surface area contributed by atoms with Crippen molar-refractivity contribution in [1.82, 2.24) is 10.6 Å². The Bertz CT molecular complexity index is 523. The molecule has 1 fully saturated rings. The first-order valence-corrected chi connectivity index (χ1v) is 6.64. The lowest BCUT2D eigenvalue weighted by atomic mass is 10.1. The normalized spacial score (nSPS) is 21.8. The summed E-state index contributed by atoms with van der Waals surface area (Å²) in [5.41, 5.74) is 0.857. The lowest BCUT2D eigenvalue weighted by Gasteiger charge is -2.08. The molecule has 0 spiro atoms. The molecule has 5 heteroatoms. The highest BCUT2D eigenvalue weighted by atomic mass is 16.5. The van der Waals surface area contributed by atoms with Gasteiger partial charge in [-0.1, -0.05) is 12.1 Å². The van der Waals surface area contributed by atoms with Gasteiger partial charge in [-0.25, -0.2) is 4.99 Å². The Morgan fingerprint density at radius 3 is 3.05 bits per heavy atom. The Morgan fingerprint density at radius 1 is 1.47 bits per heavy atom. The van der Waals surface area contributed by atoms with Crippen molar-refractivity contribution in [1.29, 1.82) is 0 Å². The summed E-state index contributed by atoms with van der Waals surface area (Å²) >= 11 is 0. The molecule has 2 aliphatic rings. The SMILES string of the molecule is CCOc1cccc(C2N=C(NC3CC3)NC2=O)c1. The lowest BCUT2D eigenvalue weighted by Crippen LogP contribution is -2.37. The molecule has 1 heterocycles. The lowest BCUT2D eigenvalue weighted by molar-refractivity contribution is -0.120. The molecular weight excluding hydrogens is 242 g/mol. The van der Waals surface area contributed by atoms with Crippen molar-refractivity contribution >= 4 is 11.9 Å². The van der Waals surface area contributed by atoms with Crippen LogP contribution in [0.1, 0.15) is 31.4 Å². The number of nitrogens with zero attached hydrogens (tertiary/aromatic N) is 1. The van der Waals surface area contributed by atoms with Crippen molar-refractivity contribution in [2.24, 2.45) is 4.99 Å². The van der Waals surface area contributed by atoms with Gasteiger partial charge in [0, 0.05) is 6.04 Å². The molecule has 1 saturated carbocycles. The summed E-state index contributed by atoms with van der Waals surface area (Å²) in [6.07, 6.45) is 2.30. The largest absolute Gasteiger partial charge is 0.494 e. The first-order chi connectivity index (χ1) is 9.26. The van der Waals surface area contributed by atoms with Crippen LogP contribution in [-0.2, 0) is 4.79 Å². The number of hydrogen-bond donors (Lipinski definition) is 2. The molecule has 1 aliphatic heterocycles. The van der Waals surface area contributed by atoms with Crippen molar-refractivity contribution in [3.63, 3.8) is 0 Å². The van der Waals surface area contributed by atoms with Gasteiger partial charge in [0.15, 0.2) is 12.0 Å². The number of nitrogens with one attached hydrogen (secondary N) is 2. The predicted octanol–water partition coefficient (Wildman–Crippen LogP) is 1.36. The molecular formula is C14H17N3O2. The van der Waals surface area contributed by atoms with Gasteiger partial charge < -0.3 is 10.1 Å². The van der Waals surface area contributed by atoms with Gasteiger partial charge in [-0.3, -0.25) is 10.1 Å². The Labute approximate surface area is 112 Å². The van der Waals surface area contributed by atoms with E-state index in [0.29, 0.717) is 18.6 Å². The number of amides is 1. The molecule has 0 radical (unpaired) electrons. The fourth-order valence-electron chi connectivity index (χ4n) is 2.07.